The molecule has 120 valence electrons. The maximum atomic E-state index is 12.3. The van der Waals surface area contributed by atoms with Crippen molar-refractivity contribution in [3.05, 3.63) is 35.9 Å². The molecule has 1 aliphatic rings. The number of likely N-dealkylation sites (tertiary alicyclic amines) is 1. The molecule has 1 unspecified atom stereocenters. The van der Waals surface area contributed by atoms with Crippen LogP contribution in [0.3, 0.4) is 0 Å². The first kappa shape index (κ1) is 16.7. The molecule has 0 aliphatic carbocycles. The molecular weight excluding hydrogens is 302 g/mol. The SMILES string of the molecule is O=C(O)CSCC1CCCCN1C(=O)OCc1ccccc1. The van der Waals surface area contributed by atoms with Gasteiger partial charge in [-0.15, -0.1) is 11.8 Å². The number of carboxylic acid groups (broad SMARTS) is 1. The second-order valence-corrected chi connectivity index (χ2v) is 6.32. The lowest BCUT2D eigenvalue weighted by molar-refractivity contribution is -0.133. The molecule has 0 radical (unpaired) electrons. The Morgan fingerprint density at radius 2 is 2.05 bits per heavy atom. The normalized spacial score (nSPS) is 18.0. The van der Waals surface area contributed by atoms with E-state index in [0.29, 0.717) is 12.3 Å². The van der Waals surface area contributed by atoms with E-state index in [-0.39, 0.29) is 24.5 Å². The lowest BCUT2D eigenvalue weighted by atomic mass is 10.0. The number of hydrogen-bond acceptors (Lipinski definition) is 4. The highest BCUT2D eigenvalue weighted by Gasteiger charge is 2.27. The molecule has 5 nitrogen and oxygen atoms in total. The molecular formula is C16H21NO4S. The number of nitrogens with zero attached hydrogens (tertiary/aromatic N) is 1. The third-order valence-electron chi connectivity index (χ3n) is 3.60. The topological polar surface area (TPSA) is 66.8 Å². The van der Waals surface area contributed by atoms with Gasteiger partial charge in [-0.25, -0.2) is 4.79 Å². The summed E-state index contributed by atoms with van der Waals surface area (Å²) in [4.78, 5) is 24.6. The van der Waals surface area contributed by atoms with Crippen LogP contribution in [0.5, 0.6) is 0 Å². The summed E-state index contributed by atoms with van der Waals surface area (Å²) >= 11 is 1.35. The van der Waals surface area contributed by atoms with Crippen molar-refractivity contribution in [1.29, 1.82) is 0 Å². The summed E-state index contributed by atoms with van der Waals surface area (Å²) in [6, 6.07) is 9.66. The second-order valence-electron chi connectivity index (χ2n) is 5.29. The lowest BCUT2D eigenvalue weighted by Crippen LogP contribution is -2.45. The van der Waals surface area contributed by atoms with Crippen molar-refractivity contribution < 1.29 is 19.4 Å². The number of piperidine rings is 1. The van der Waals surface area contributed by atoms with Gasteiger partial charge in [0.25, 0.3) is 0 Å². The smallest absolute Gasteiger partial charge is 0.410 e. The quantitative estimate of drug-likeness (QED) is 0.871. The zero-order valence-corrected chi connectivity index (χ0v) is 13.3. The second kappa shape index (κ2) is 8.68. The zero-order chi connectivity index (χ0) is 15.8. The molecule has 22 heavy (non-hydrogen) atoms. The average Bonchev–Trinajstić information content (AvgIpc) is 2.54. The highest BCUT2D eigenvalue weighted by atomic mass is 32.2. The number of amides is 1. The predicted octanol–water partition coefficient (Wildman–Crippen LogP) is 3.00. The fourth-order valence-electron chi connectivity index (χ4n) is 2.50. The van der Waals surface area contributed by atoms with Gasteiger partial charge >= 0.3 is 12.1 Å². The van der Waals surface area contributed by atoms with E-state index in [4.69, 9.17) is 9.84 Å². The van der Waals surface area contributed by atoms with Gasteiger partial charge in [0.2, 0.25) is 0 Å². The minimum absolute atomic E-state index is 0.0707. The Bertz CT molecular complexity index is 494. The lowest BCUT2D eigenvalue weighted by Gasteiger charge is -2.34. The van der Waals surface area contributed by atoms with Crippen molar-refractivity contribution in [3.8, 4) is 0 Å². The molecule has 0 saturated carbocycles. The van der Waals surface area contributed by atoms with Crippen LogP contribution >= 0.6 is 11.8 Å². The number of aliphatic carboxylic acids is 1. The number of carbonyl (C=O) groups is 2. The van der Waals surface area contributed by atoms with Crippen LogP contribution < -0.4 is 0 Å². The van der Waals surface area contributed by atoms with Crippen molar-refractivity contribution in [2.24, 2.45) is 0 Å². The van der Waals surface area contributed by atoms with Crippen LogP contribution in [0.2, 0.25) is 0 Å². The van der Waals surface area contributed by atoms with E-state index in [9.17, 15) is 9.59 Å². The van der Waals surface area contributed by atoms with Crippen LogP contribution in [0.1, 0.15) is 24.8 Å². The van der Waals surface area contributed by atoms with Crippen molar-refractivity contribution in [2.75, 3.05) is 18.1 Å². The summed E-state index contributed by atoms with van der Waals surface area (Å²) in [7, 11) is 0. The van der Waals surface area contributed by atoms with Crippen LogP contribution in [0, 0.1) is 0 Å². The zero-order valence-electron chi connectivity index (χ0n) is 12.4. The first-order valence-corrected chi connectivity index (χ1v) is 8.59. The Morgan fingerprint density at radius 3 is 2.77 bits per heavy atom. The van der Waals surface area contributed by atoms with E-state index >= 15 is 0 Å². The molecule has 1 heterocycles. The number of hydrogen-bond donors (Lipinski definition) is 1. The molecule has 1 aliphatic heterocycles. The van der Waals surface area contributed by atoms with E-state index < -0.39 is 5.97 Å². The van der Waals surface area contributed by atoms with Crippen molar-refractivity contribution in [2.45, 2.75) is 31.9 Å². The fraction of sp³-hybridized carbons (Fsp3) is 0.500. The largest absolute Gasteiger partial charge is 0.481 e. The number of carboxylic acids is 1. The van der Waals surface area contributed by atoms with Crippen molar-refractivity contribution in [1.82, 2.24) is 4.90 Å². The Morgan fingerprint density at radius 1 is 1.27 bits per heavy atom. The summed E-state index contributed by atoms with van der Waals surface area (Å²) in [6.45, 7) is 0.955. The van der Waals surface area contributed by atoms with Crippen LogP contribution in [0.25, 0.3) is 0 Å². The molecule has 1 aromatic rings. The molecule has 1 aromatic carbocycles. The van der Waals surface area contributed by atoms with Gasteiger partial charge in [0.05, 0.1) is 5.75 Å². The highest BCUT2D eigenvalue weighted by molar-refractivity contribution is 7.99. The summed E-state index contributed by atoms with van der Waals surface area (Å²) in [5, 5.41) is 8.70. The molecule has 1 N–H and O–H groups in total. The molecule has 1 fully saturated rings. The third kappa shape index (κ3) is 5.26. The predicted molar refractivity (Wildman–Crippen MR) is 85.9 cm³/mol. The van der Waals surface area contributed by atoms with Gasteiger partial charge in [-0.3, -0.25) is 4.79 Å². The number of benzene rings is 1. The first-order valence-electron chi connectivity index (χ1n) is 7.43. The summed E-state index contributed by atoms with van der Waals surface area (Å²) in [5.74, 6) is -0.102. The number of ether oxygens (including phenoxy) is 1. The molecule has 0 spiro atoms. The third-order valence-corrected chi connectivity index (χ3v) is 4.67. The molecule has 1 saturated heterocycles. The van der Waals surface area contributed by atoms with Gasteiger partial charge < -0.3 is 14.7 Å². The Hall–Kier alpha value is -1.69. The number of thioether (sulfide) groups is 1. The minimum Gasteiger partial charge on any atom is -0.481 e. The average molecular weight is 323 g/mol. The molecule has 6 heteroatoms. The van der Waals surface area contributed by atoms with Gasteiger partial charge in [-0.05, 0) is 24.8 Å². The van der Waals surface area contributed by atoms with Gasteiger partial charge in [-0.2, -0.15) is 0 Å². The molecule has 1 amide bonds. The summed E-state index contributed by atoms with van der Waals surface area (Å²) in [5.41, 5.74) is 0.963. The molecule has 0 bridgehead atoms. The molecule has 0 aromatic heterocycles. The van der Waals surface area contributed by atoms with Crippen molar-refractivity contribution >= 4 is 23.8 Å². The van der Waals surface area contributed by atoms with E-state index in [0.717, 1.165) is 24.8 Å². The van der Waals surface area contributed by atoms with Crippen LogP contribution in [-0.2, 0) is 16.1 Å². The highest BCUT2D eigenvalue weighted by Crippen LogP contribution is 2.22. The summed E-state index contributed by atoms with van der Waals surface area (Å²) in [6.07, 6.45) is 2.65. The van der Waals surface area contributed by atoms with Crippen LogP contribution in [0.4, 0.5) is 4.79 Å². The van der Waals surface area contributed by atoms with E-state index in [2.05, 4.69) is 0 Å². The van der Waals surface area contributed by atoms with Gasteiger partial charge in [-0.1, -0.05) is 30.3 Å². The first-order chi connectivity index (χ1) is 10.7. The molecule has 2 rings (SSSR count). The monoisotopic (exact) mass is 323 g/mol. The number of rotatable bonds is 6. The molecule has 1 atom stereocenters. The Balaban J connectivity index is 1.83. The minimum atomic E-state index is -0.820. The van der Waals surface area contributed by atoms with Gasteiger partial charge in [0.15, 0.2) is 0 Å². The fourth-order valence-corrected chi connectivity index (χ4v) is 3.41. The Labute approximate surface area is 134 Å². The maximum Gasteiger partial charge on any atom is 0.410 e. The van der Waals surface area contributed by atoms with E-state index in [1.807, 2.05) is 30.3 Å². The van der Waals surface area contributed by atoms with Crippen molar-refractivity contribution in [3.63, 3.8) is 0 Å². The van der Waals surface area contributed by atoms with Gasteiger partial charge in [0, 0.05) is 18.3 Å². The Kier molecular flexibility index (Phi) is 6.58. The summed E-state index contributed by atoms with van der Waals surface area (Å²) < 4.78 is 5.39. The van der Waals surface area contributed by atoms with Gasteiger partial charge in [0.1, 0.15) is 6.61 Å². The van der Waals surface area contributed by atoms with E-state index in [1.165, 1.54) is 11.8 Å². The number of carbonyl (C=O) groups excluding carboxylic acids is 1. The van der Waals surface area contributed by atoms with Crippen LogP contribution in [-0.4, -0.2) is 46.2 Å². The standard InChI is InChI=1S/C16H21NO4S/c18-15(19)12-22-11-14-8-4-5-9-17(14)16(20)21-10-13-6-2-1-3-7-13/h1-3,6-7,14H,4-5,8-12H2,(H,18,19). The maximum absolute atomic E-state index is 12.3. The van der Waals surface area contributed by atoms with Crippen LogP contribution in [0.15, 0.2) is 30.3 Å². The van der Waals surface area contributed by atoms with E-state index in [1.54, 1.807) is 4.90 Å².